The van der Waals surface area contributed by atoms with Crippen molar-refractivity contribution in [2.45, 2.75) is 32.8 Å². The van der Waals surface area contributed by atoms with Crippen molar-refractivity contribution in [1.29, 1.82) is 0 Å². The molecule has 0 aromatic heterocycles. The van der Waals surface area contributed by atoms with Gasteiger partial charge in [0.2, 0.25) is 0 Å². The zero-order chi connectivity index (χ0) is 9.97. The predicted octanol–water partition coefficient (Wildman–Crippen LogP) is 3.65. The number of benzene rings is 1. The summed E-state index contributed by atoms with van der Waals surface area (Å²) in [4.78, 5) is 0. The molecule has 0 saturated heterocycles. The lowest BCUT2D eigenvalue weighted by atomic mass is 9.98. The van der Waals surface area contributed by atoms with Crippen LogP contribution in [0, 0.1) is 0 Å². The molecule has 2 rings (SSSR count). The topological polar surface area (TPSA) is 9.23 Å². The Hall–Kier alpha value is -1.24. The summed E-state index contributed by atoms with van der Waals surface area (Å²) in [6.45, 7) is 4.36. The SMILES string of the molecule is CCC1=Cc2ccccc2OC1CC. The van der Waals surface area contributed by atoms with Gasteiger partial charge in [-0.3, -0.25) is 0 Å². The maximum absolute atomic E-state index is 5.92. The molecule has 0 aliphatic carbocycles. The first kappa shape index (κ1) is 9.32. The van der Waals surface area contributed by atoms with Crippen LogP contribution < -0.4 is 4.74 Å². The zero-order valence-electron chi connectivity index (χ0n) is 8.79. The highest BCUT2D eigenvalue weighted by molar-refractivity contribution is 5.62. The van der Waals surface area contributed by atoms with E-state index < -0.39 is 0 Å². The molecule has 1 heterocycles. The van der Waals surface area contributed by atoms with Crippen LogP contribution in [0.4, 0.5) is 0 Å². The second-order valence-corrected chi connectivity index (χ2v) is 3.63. The fraction of sp³-hybridized carbons (Fsp3) is 0.385. The molecule has 1 heteroatoms. The Morgan fingerprint density at radius 3 is 2.71 bits per heavy atom. The number of para-hydroxylation sites is 1. The van der Waals surface area contributed by atoms with Crippen LogP contribution in [0.15, 0.2) is 29.8 Å². The van der Waals surface area contributed by atoms with Crippen molar-refractivity contribution in [2.24, 2.45) is 0 Å². The van der Waals surface area contributed by atoms with Gasteiger partial charge >= 0.3 is 0 Å². The summed E-state index contributed by atoms with van der Waals surface area (Å²) < 4.78 is 5.92. The summed E-state index contributed by atoms with van der Waals surface area (Å²) in [5, 5.41) is 0. The van der Waals surface area contributed by atoms with Gasteiger partial charge < -0.3 is 4.74 Å². The zero-order valence-corrected chi connectivity index (χ0v) is 8.79. The molecular formula is C13H16O. The van der Waals surface area contributed by atoms with Crippen molar-refractivity contribution in [1.82, 2.24) is 0 Å². The highest BCUT2D eigenvalue weighted by Gasteiger charge is 2.18. The second kappa shape index (κ2) is 3.87. The van der Waals surface area contributed by atoms with E-state index in [4.69, 9.17) is 4.74 Å². The molecule has 0 spiro atoms. The Kier molecular flexibility index (Phi) is 2.58. The van der Waals surface area contributed by atoms with E-state index in [2.05, 4.69) is 32.1 Å². The van der Waals surface area contributed by atoms with Gasteiger partial charge in [0.25, 0.3) is 0 Å². The van der Waals surface area contributed by atoms with Gasteiger partial charge in [0.05, 0.1) is 0 Å². The third kappa shape index (κ3) is 1.54. The quantitative estimate of drug-likeness (QED) is 0.688. The molecule has 14 heavy (non-hydrogen) atoms. The molecule has 1 aromatic rings. The Morgan fingerprint density at radius 1 is 1.21 bits per heavy atom. The molecule has 0 saturated carbocycles. The van der Waals surface area contributed by atoms with Crippen molar-refractivity contribution < 1.29 is 4.74 Å². The van der Waals surface area contributed by atoms with Crippen LogP contribution >= 0.6 is 0 Å². The highest BCUT2D eigenvalue weighted by Crippen LogP contribution is 2.31. The van der Waals surface area contributed by atoms with Gasteiger partial charge in [-0.1, -0.05) is 32.0 Å². The molecule has 1 atom stereocenters. The van der Waals surface area contributed by atoms with Crippen LogP contribution in [-0.4, -0.2) is 6.10 Å². The fourth-order valence-electron chi connectivity index (χ4n) is 1.90. The van der Waals surface area contributed by atoms with Crippen molar-refractivity contribution in [3.8, 4) is 5.75 Å². The number of hydrogen-bond donors (Lipinski definition) is 0. The lowest BCUT2D eigenvalue weighted by Gasteiger charge is -2.25. The predicted molar refractivity (Wildman–Crippen MR) is 59.4 cm³/mol. The average Bonchev–Trinajstić information content (AvgIpc) is 2.27. The van der Waals surface area contributed by atoms with E-state index in [1.807, 2.05) is 12.1 Å². The van der Waals surface area contributed by atoms with Gasteiger partial charge in [-0.25, -0.2) is 0 Å². The normalized spacial score (nSPS) is 19.6. The van der Waals surface area contributed by atoms with Crippen molar-refractivity contribution in [2.75, 3.05) is 0 Å². The van der Waals surface area contributed by atoms with Crippen LogP contribution in [-0.2, 0) is 0 Å². The van der Waals surface area contributed by atoms with E-state index in [0.717, 1.165) is 18.6 Å². The minimum atomic E-state index is 0.287. The van der Waals surface area contributed by atoms with Gasteiger partial charge in [0.1, 0.15) is 11.9 Å². The van der Waals surface area contributed by atoms with Gasteiger partial charge in [-0.15, -0.1) is 0 Å². The minimum absolute atomic E-state index is 0.287. The molecule has 0 bridgehead atoms. The van der Waals surface area contributed by atoms with Crippen molar-refractivity contribution in [3.63, 3.8) is 0 Å². The van der Waals surface area contributed by atoms with E-state index in [9.17, 15) is 0 Å². The molecule has 0 radical (unpaired) electrons. The first-order valence-electron chi connectivity index (χ1n) is 5.31. The van der Waals surface area contributed by atoms with Crippen LogP contribution in [0.2, 0.25) is 0 Å². The molecule has 1 unspecified atom stereocenters. The molecular weight excluding hydrogens is 172 g/mol. The number of fused-ring (bicyclic) bond motifs is 1. The molecule has 0 fully saturated rings. The number of ether oxygens (including phenoxy) is 1. The van der Waals surface area contributed by atoms with Gasteiger partial charge in [-0.2, -0.15) is 0 Å². The smallest absolute Gasteiger partial charge is 0.127 e. The van der Waals surface area contributed by atoms with Crippen molar-refractivity contribution in [3.05, 3.63) is 35.4 Å². The maximum atomic E-state index is 5.92. The standard InChI is InChI=1S/C13H16O/c1-3-10-9-11-7-5-6-8-13(11)14-12(10)4-2/h5-9,12H,3-4H2,1-2H3. The number of rotatable bonds is 2. The molecule has 0 N–H and O–H groups in total. The highest BCUT2D eigenvalue weighted by atomic mass is 16.5. The second-order valence-electron chi connectivity index (χ2n) is 3.63. The monoisotopic (exact) mass is 188 g/mol. The number of hydrogen-bond acceptors (Lipinski definition) is 1. The molecule has 1 nitrogen and oxygen atoms in total. The third-order valence-electron chi connectivity index (χ3n) is 2.72. The molecule has 0 amide bonds. The van der Waals surface area contributed by atoms with Gasteiger partial charge in [-0.05, 0) is 30.6 Å². The summed E-state index contributed by atoms with van der Waals surface area (Å²) in [6.07, 6.45) is 4.68. The van der Waals surface area contributed by atoms with E-state index >= 15 is 0 Å². The van der Waals surface area contributed by atoms with Crippen LogP contribution in [0.25, 0.3) is 6.08 Å². The maximum Gasteiger partial charge on any atom is 0.127 e. The molecule has 1 aromatic carbocycles. The van der Waals surface area contributed by atoms with Gasteiger partial charge in [0.15, 0.2) is 0 Å². The molecule has 74 valence electrons. The summed E-state index contributed by atoms with van der Waals surface area (Å²) in [5.41, 5.74) is 2.63. The summed E-state index contributed by atoms with van der Waals surface area (Å²) >= 11 is 0. The summed E-state index contributed by atoms with van der Waals surface area (Å²) in [6, 6.07) is 8.23. The lowest BCUT2D eigenvalue weighted by Crippen LogP contribution is -2.21. The van der Waals surface area contributed by atoms with E-state index in [-0.39, 0.29) is 6.10 Å². The minimum Gasteiger partial charge on any atom is -0.485 e. The summed E-state index contributed by atoms with van der Waals surface area (Å²) in [7, 11) is 0. The van der Waals surface area contributed by atoms with E-state index in [1.165, 1.54) is 11.1 Å². The van der Waals surface area contributed by atoms with Crippen molar-refractivity contribution >= 4 is 6.08 Å². The Balaban J connectivity index is 2.39. The van der Waals surface area contributed by atoms with Gasteiger partial charge in [0, 0.05) is 5.56 Å². The largest absolute Gasteiger partial charge is 0.485 e. The lowest BCUT2D eigenvalue weighted by molar-refractivity contribution is 0.225. The van der Waals surface area contributed by atoms with E-state index in [1.54, 1.807) is 0 Å². The first-order chi connectivity index (χ1) is 6.85. The van der Waals surface area contributed by atoms with Crippen LogP contribution in [0.3, 0.4) is 0 Å². The Morgan fingerprint density at radius 2 is 2.00 bits per heavy atom. The summed E-state index contributed by atoms with van der Waals surface area (Å²) in [5.74, 6) is 1.02. The van der Waals surface area contributed by atoms with Crippen LogP contribution in [0.1, 0.15) is 32.3 Å². The van der Waals surface area contributed by atoms with Crippen LogP contribution in [0.5, 0.6) is 5.75 Å². The fourth-order valence-corrected chi connectivity index (χ4v) is 1.90. The molecule has 1 aliphatic rings. The molecule has 1 aliphatic heterocycles. The Labute approximate surface area is 85.4 Å². The third-order valence-corrected chi connectivity index (χ3v) is 2.72. The average molecular weight is 188 g/mol. The van der Waals surface area contributed by atoms with E-state index in [0.29, 0.717) is 0 Å². The Bertz CT molecular complexity index is 352. The first-order valence-corrected chi connectivity index (χ1v) is 5.31.